The van der Waals surface area contributed by atoms with Crippen LogP contribution in [-0.2, 0) is 22.9 Å². The van der Waals surface area contributed by atoms with Gasteiger partial charge in [0.2, 0.25) is 10.0 Å². The van der Waals surface area contributed by atoms with Crippen LogP contribution < -0.4 is 4.90 Å². The summed E-state index contributed by atoms with van der Waals surface area (Å²) in [4.78, 5) is 6.35. The van der Waals surface area contributed by atoms with Crippen molar-refractivity contribution in [3.05, 3.63) is 53.7 Å². The first-order valence-electron chi connectivity index (χ1n) is 8.19. The van der Waals surface area contributed by atoms with Crippen LogP contribution in [0.2, 0.25) is 0 Å². The van der Waals surface area contributed by atoms with Crippen molar-refractivity contribution in [1.82, 2.24) is 9.29 Å². The number of aryl methyl sites for hydroxylation is 1. The van der Waals surface area contributed by atoms with Gasteiger partial charge in [0.1, 0.15) is 10.7 Å². The number of hydrogen-bond donors (Lipinski definition) is 0. The quantitative estimate of drug-likeness (QED) is 0.857. The summed E-state index contributed by atoms with van der Waals surface area (Å²) in [5, 5.41) is 0. The maximum absolute atomic E-state index is 12.9. The largest absolute Gasteiger partial charge is 0.363 e. The Balaban J connectivity index is 1.82. The smallest absolute Gasteiger partial charge is 0.244 e. The molecule has 0 saturated heterocycles. The minimum Gasteiger partial charge on any atom is -0.363 e. The van der Waals surface area contributed by atoms with Crippen molar-refractivity contribution in [2.45, 2.75) is 24.2 Å². The second-order valence-electron chi connectivity index (χ2n) is 6.27. The minimum absolute atomic E-state index is 0.266. The van der Waals surface area contributed by atoms with Gasteiger partial charge in [0.15, 0.2) is 0 Å². The van der Waals surface area contributed by atoms with Gasteiger partial charge in [0, 0.05) is 33.4 Å². The molecule has 1 aliphatic rings. The Hall–Kier alpha value is -1.92. The molecule has 1 aliphatic heterocycles. The Labute approximate surface area is 144 Å². The molecule has 3 rings (SSSR count). The number of hydrogen-bond acceptors (Lipinski definition) is 4. The Bertz CT molecular complexity index is 801. The van der Waals surface area contributed by atoms with Crippen LogP contribution in [0.4, 0.5) is 5.82 Å². The van der Waals surface area contributed by atoms with Crippen molar-refractivity contribution in [2.75, 3.05) is 32.1 Å². The molecule has 0 atom stereocenters. The molecule has 2 aromatic rings. The average molecular weight is 345 g/mol. The number of benzene rings is 1. The van der Waals surface area contributed by atoms with Crippen LogP contribution in [-0.4, -0.2) is 44.9 Å². The van der Waals surface area contributed by atoms with Crippen LogP contribution in [0.5, 0.6) is 0 Å². The molecule has 0 N–H and O–H groups in total. The van der Waals surface area contributed by atoms with Gasteiger partial charge in [0.25, 0.3) is 0 Å². The van der Waals surface area contributed by atoms with Crippen LogP contribution in [0.1, 0.15) is 17.5 Å². The lowest BCUT2D eigenvalue weighted by Crippen LogP contribution is -2.35. The summed E-state index contributed by atoms with van der Waals surface area (Å²) in [7, 11) is 0.268. The van der Waals surface area contributed by atoms with Crippen molar-refractivity contribution >= 4 is 15.8 Å². The summed E-state index contributed by atoms with van der Waals surface area (Å²) in [5.74, 6) is 0.746. The molecule has 6 heteroatoms. The van der Waals surface area contributed by atoms with E-state index in [-0.39, 0.29) is 4.90 Å². The molecular formula is C18H23N3O2S. The molecule has 0 amide bonds. The standard InChI is InChI=1S/C18H23N3O2S/c1-20(2)18-10-9-17(14-19-18)24(22,23)21-12-5-8-15-6-3-4-7-16(15)11-13-21/h3-4,6-7,9-10,14H,5,8,11-13H2,1-2H3. The van der Waals surface area contributed by atoms with Gasteiger partial charge in [-0.05, 0) is 42.5 Å². The topological polar surface area (TPSA) is 53.5 Å². The number of nitrogens with zero attached hydrogens (tertiary/aromatic N) is 3. The third-order valence-electron chi connectivity index (χ3n) is 4.42. The van der Waals surface area contributed by atoms with Gasteiger partial charge in [0.05, 0.1) is 0 Å². The van der Waals surface area contributed by atoms with E-state index in [0.717, 1.165) is 25.1 Å². The third kappa shape index (κ3) is 3.44. The van der Waals surface area contributed by atoms with Crippen molar-refractivity contribution in [1.29, 1.82) is 0 Å². The molecule has 1 aromatic carbocycles. The van der Waals surface area contributed by atoms with Crippen LogP contribution in [0, 0.1) is 0 Å². The molecule has 0 radical (unpaired) electrons. The normalized spacial score (nSPS) is 16.1. The van der Waals surface area contributed by atoms with E-state index < -0.39 is 10.0 Å². The van der Waals surface area contributed by atoms with Crippen LogP contribution in [0.25, 0.3) is 0 Å². The molecular weight excluding hydrogens is 322 g/mol. The van der Waals surface area contributed by atoms with E-state index >= 15 is 0 Å². The summed E-state index contributed by atoms with van der Waals surface area (Å²) in [6.45, 7) is 1.06. The molecule has 0 aliphatic carbocycles. The molecule has 0 fully saturated rings. The Morgan fingerprint density at radius 2 is 1.71 bits per heavy atom. The number of sulfonamides is 1. The Morgan fingerprint density at radius 1 is 1.00 bits per heavy atom. The fraction of sp³-hybridized carbons (Fsp3) is 0.389. The lowest BCUT2D eigenvalue weighted by molar-refractivity contribution is 0.400. The van der Waals surface area contributed by atoms with Gasteiger partial charge in [-0.2, -0.15) is 4.31 Å². The van der Waals surface area contributed by atoms with E-state index in [1.54, 1.807) is 16.4 Å². The lowest BCUT2D eigenvalue weighted by Gasteiger charge is -2.25. The second-order valence-corrected chi connectivity index (χ2v) is 8.21. The maximum Gasteiger partial charge on any atom is 0.244 e. The lowest BCUT2D eigenvalue weighted by atomic mass is 9.99. The Kier molecular flexibility index (Phi) is 4.87. The highest BCUT2D eigenvalue weighted by Crippen LogP contribution is 2.22. The first kappa shape index (κ1) is 16.9. The van der Waals surface area contributed by atoms with Crippen LogP contribution >= 0.6 is 0 Å². The van der Waals surface area contributed by atoms with Crippen LogP contribution in [0.15, 0.2) is 47.5 Å². The van der Waals surface area contributed by atoms with Gasteiger partial charge >= 0.3 is 0 Å². The highest BCUT2D eigenvalue weighted by atomic mass is 32.2. The molecule has 1 aromatic heterocycles. The number of anilines is 1. The summed E-state index contributed by atoms with van der Waals surface area (Å²) in [5.41, 5.74) is 2.59. The number of fused-ring (bicyclic) bond motifs is 1. The molecule has 0 bridgehead atoms. The van der Waals surface area contributed by atoms with Crippen molar-refractivity contribution in [3.8, 4) is 0 Å². The highest BCUT2D eigenvalue weighted by molar-refractivity contribution is 7.89. The zero-order valence-corrected chi connectivity index (χ0v) is 15.0. The van der Waals surface area contributed by atoms with Crippen molar-refractivity contribution in [2.24, 2.45) is 0 Å². The maximum atomic E-state index is 12.9. The number of aromatic nitrogens is 1. The van der Waals surface area contributed by atoms with E-state index in [4.69, 9.17) is 0 Å². The molecule has 2 heterocycles. The molecule has 0 unspecified atom stereocenters. The third-order valence-corrected chi connectivity index (χ3v) is 6.30. The van der Waals surface area contributed by atoms with Crippen LogP contribution in [0.3, 0.4) is 0 Å². The number of rotatable bonds is 3. The van der Waals surface area contributed by atoms with Gasteiger partial charge in [-0.25, -0.2) is 13.4 Å². The van der Waals surface area contributed by atoms with E-state index in [1.807, 2.05) is 31.1 Å². The zero-order valence-electron chi connectivity index (χ0n) is 14.1. The second kappa shape index (κ2) is 6.91. The molecule has 128 valence electrons. The van der Waals surface area contributed by atoms with E-state index in [1.165, 1.54) is 17.3 Å². The van der Waals surface area contributed by atoms with E-state index in [9.17, 15) is 8.42 Å². The molecule has 24 heavy (non-hydrogen) atoms. The first-order chi connectivity index (χ1) is 11.5. The molecule has 0 spiro atoms. The fourth-order valence-electron chi connectivity index (χ4n) is 3.03. The predicted octanol–water partition coefficient (Wildman–Crippen LogP) is 2.33. The van der Waals surface area contributed by atoms with E-state index in [0.29, 0.717) is 13.1 Å². The average Bonchev–Trinajstić information content (AvgIpc) is 2.55. The summed E-state index contributed by atoms with van der Waals surface area (Å²) in [6.07, 6.45) is 3.95. The van der Waals surface area contributed by atoms with Crippen molar-refractivity contribution < 1.29 is 8.42 Å². The highest BCUT2D eigenvalue weighted by Gasteiger charge is 2.25. The fourth-order valence-corrected chi connectivity index (χ4v) is 4.45. The first-order valence-corrected chi connectivity index (χ1v) is 9.63. The summed E-state index contributed by atoms with van der Waals surface area (Å²) in [6, 6.07) is 11.7. The van der Waals surface area contributed by atoms with E-state index in [2.05, 4.69) is 17.1 Å². The predicted molar refractivity (Wildman–Crippen MR) is 95.8 cm³/mol. The Morgan fingerprint density at radius 3 is 2.33 bits per heavy atom. The zero-order chi connectivity index (χ0) is 17.2. The molecule has 0 saturated carbocycles. The number of pyridine rings is 1. The minimum atomic E-state index is -3.49. The SMILES string of the molecule is CN(C)c1ccc(S(=O)(=O)N2CCCc3ccccc3CC2)cn1. The summed E-state index contributed by atoms with van der Waals surface area (Å²) >= 11 is 0. The van der Waals surface area contributed by atoms with Crippen molar-refractivity contribution in [3.63, 3.8) is 0 Å². The molecule has 5 nitrogen and oxygen atoms in total. The monoisotopic (exact) mass is 345 g/mol. The summed E-state index contributed by atoms with van der Waals surface area (Å²) < 4.78 is 27.4. The van der Waals surface area contributed by atoms with Gasteiger partial charge in [-0.3, -0.25) is 0 Å². The van der Waals surface area contributed by atoms with Gasteiger partial charge < -0.3 is 4.90 Å². The van der Waals surface area contributed by atoms with Gasteiger partial charge in [-0.1, -0.05) is 24.3 Å². The van der Waals surface area contributed by atoms with Gasteiger partial charge in [-0.15, -0.1) is 0 Å².